The summed E-state index contributed by atoms with van der Waals surface area (Å²) in [7, 11) is 0. The Hall–Kier alpha value is -0.320. The molecular formula is C27H48O8. The summed E-state index contributed by atoms with van der Waals surface area (Å²) in [5, 5.41) is 88.0. The molecule has 0 aromatic rings. The van der Waals surface area contributed by atoms with Crippen molar-refractivity contribution in [1.82, 2.24) is 0 Å². The summed E-state index contributed by atoms with van der Waals surface area (Å²) in [5.41, 5.74) is -3.22. The number of fused-ring (bicyclic) bond motifs is 5. The summed E-state index contributed by atoms with van der Waals surface area (Å²) < 4.78 is 0. The van der Waals surface area contributed by atoms with Crippen molar-refractivity contribution in [3.05, 3.63) is 0 Å². The Morgan fingerprint density at radius 2 is 1.43 bits per heavy atom. The fraction of sp³-hybridized carbons (Fsp3) is 1.00. The van der Waals surface area contributed by atoms with Crippen LogP contribution in [0.5, 0.6) is 0 Å². The minimum absolute atomic E-state index is 0.0568. The van der Waals surface area contributed by atoms with Crippen LogP contribution in [0.4, 0.5) is 0 Å². The fourth-order valence-electron chi connectivity index (χ4n) is 9.61. The number of hydrogen-bond donors (Lipinski definition) is 8. The second kappa shape index (κ2) is 9.45. The average molecular weight is 501 g/mol. The molecule has 8 heteroatoms. The predicted molar refractivity (Wildman–Crippen MR) is 129 cm³/mol. The molecule has 8 N–H and O–H groups in total. The highest BCUT2D eigenvalue weighted by Gasteiger charge is 2.76. The van der Waals surface area contributed by atoms with Crippen LogP contribution in [0.1, 0.15) is 72.6 Å². The zero-order valence-corrected chi connectivity index (χ0v) is 21.7. The second-order valence-corrected chi connectivity index (χ2v) is 13.2. The maximum absolute atomic E-state index is 12.3. The molecule has 0 aromatic heterocycles. The van der Waals surface area contributed by atoms with Crippen molar-refractivity contribution < 1.29 is 40.9 Å². The largest absolute Gasteiger partial charge is 0.396 e. The second-order valence-electron chi connectivity index (χ2n) is 13.2. The molecule has 4 saturated carbocycles. The molecular weight excluding hydrogens is 452 g/mol. The molecule has 0 spiro atoms. The van der Waals surface area contributed by atoms with Crippen LogP contribution in [0.25, 0.3) is 0 Å². The lowest BCUT2D eigenvalue weighted by Crippen LogP contribution is -2.76. The molecule has 204 valence electrons. The Bertz CT molecular complexity index is 765. The minimum Gasteiger partial charge on any atom is -0.396 e. The number of hydrogen-bond acceptors (Lipinski definition) is 8. The molecule has 0 radical (unpaired) electrons. The lowest BCUT2D eigenvalue weighted by molar-refractivity contribution is -0.322. The summed E-state index contributed by atoms with van der Waals surface area (Å²) >= 11 is 0. The summed E-state index contributed by atoms with van der Waals surface area (Å²) in [5.74, 6) is -2.15. The maximum Gasteiger partial charge on any atom is 0.110 e. The van der Waals surface area contributed by atoms with Crippen LogP contribution in [-0.2, 0) is 0 Å². The van der Waals surface area contributed by atoms with E-state index < -0.39 is 70.8 Å². The molecule has 1 unspecified atom stereocenters. The molecule has 8 nitrogen and oxygen atoms in total. The van der Waals surface area contributed by atoms with Crippen LogP contribution in [0.2, 0.25) is 0 Å². The zero-order chi connectivity index (χ0) is 26.1. The highest BCUT2D eigenvalue weighted by molar-refractivity contribution is 5.25. The monoisotopic (exact) mass is 500 g/mol. The van der Waals surface area contributed by atoms with Crippen molar-refractivity contribution in [2.24, 2.45) is 46.3 Å². The minimum atomic E-state index is -1.83. The van der Waals surface area contributed by atoms with E-state index in [0.29, 0.717) is 25.7 Å². The van der Waals surface area contributed by atoms with Gasteiger partial charge in [0.25, 0.3) is 0 Å². The van der Waals surface area contributed by atoms with Gasteiger partial charge in [0.2, 0.25) is 0 Å². The van der Waals surface area contributed by atoms with Gasteiger partial charge in [-0.2, -0.15) is 0 Å². The molecule has 0 saturated heterocycles. The van der Waals surface area contributed by atoms with Gasteiger partial charge in [-0.25, -0.2) is 0 Å². The lowest BCUT2D eigenvalue weighted by atomic mass is 9.40. The summed E-state index contributed by atoms with van der Waals surface area (Å²) in [6, 6.07) is 0. The van der Waals surface area contributed by atoms with Crippen LogP contribution in [0, 0.1) is 46.3 Å². The van der Waals surface area contributed by atoms with Gasteiger partial charge in [-0.1, -0.05) is 40.5 Å². The first kappa shape index (κ1) is 27.7. The van der Waals surface area contributed by atoms with E-state index in [1.54, 1.807) is 0 Å². The Kier molecular flexibility index (Phi) is 7.48. The van der Waals surface area contributed by atoms with Crippen molar-refractivity contribution in [3.8, 4) is 0 Å². The van der Waals surface area contributed by atoms with Crippen molar-refractivity contribution in [1.29, 1.82) is 0 Å². The van der Waals surface area contributed by atoms with Crippen molar-refractivity contribution in [3.63, 3.8) is 0 Å². The molecule has 0 amide bonds. The summed E-state index contributed by atoms with van der Waals surface area (Å²) in [6.07, 6.45) is -3.02. The van der Waals surface area contributed by atoms with Crippen molar-refractivity contribution in [2.75, 3.05) is 6.61 Å². The Morgan fingerprint density at radius 3 is 2.06 bits per heavy atom. The third-order valence-corrected chi connectivity index (χ3v) is 11.3. The highest BCUT2D eigenvalue weighted by atomic mass is 16.4. The highest BCUT2D eigenvalue weighted by Crippen LogP contribution is 2.69. The molecule has 0 bridgehead atoms. The van der Waals surface area contributed by atoms with Crippen LogP contribution in [0.3, 0.4) is 0 Å². The quantitative estimate of drug-likeness (QED) is 0.260. The van der Waals surface area contributed by atoms with E-state index in [9.17, 15) is 40.9 Å². The smallest absolute Gasteiger partial charge is 0.110 e. The van der Waals surface area contributed by atoms with Crippen LogP contribution in [0.15, 0.2) is 0 Å². The molecule has 4 rings (SSSR count). The molecule has 4 fully saturated rings. The van der Waals surface area contributed by atoms with Crippen LogP contribution in [-0.4, -0.2) is 89.7 Å². The molecule has 0 aromatic carbocycles. The van der Waals surface area contributed by atoms with E-state index in [4.69, 9.17) is 0 Å². The van der Waals surface area contributed by atoms with E-state index in [0.717, 1.165) is 19.3 Å². The van der Waals surface area contributed by atoms with Gasteiger partial charge in [0.15, 0.2) is 0 Å². The summed E-state index contributed by atoms with van der Waals surface area (Å²) in [4.78, 5) is 0. The third kappa shape index (κ3) is 3.85. The topological polar surface area (TPSA) is 162 Å². The third-order valence-electron chi connectivity index (χ3n) is 11.3. The van der Waals surface area contributed by atoms with E-state index in [2.05, 4.69) is 6.92 Å². The number of rotatable bonds is 6. The van der Waals surface area contributed by atoms with Crippen molar-refractivity contribution in [2.45, 2.75) is 115 Å². The molecule has 4 aliphatic rings. The SMILES string of the molecule is CC(CO)CCC[C@@H](C)[C@H]1[C@@H](O)[C@@H](O)[C@@H]2[C@]1(C)CC[C@@H]1[C@@]3(C)CC[C@H](O)[C@H](O)[C@@H]3[C@@H](O)[C@@H](O)[C@]12O. The van der Waals surface area contributed by atoms with Gasteiger partial charge in [0.05, 0.1) is 30.5 Å². The molecule has 0 heterocycles. The number of aliphatic hydroxyl groups excluding tert-OH is 7. The molecule has 15 atom stereocenters. The van der Waals surface area contributed by atoms with Crippen LogP contribution < -0.4 is 0 Å². The van der Waals surface area contributed by atoms with Crippen LogP contribution >= 0.6 is 0 Å². The van der Waals surface area contributed by atoms with E-state index in [1.165, 1.54) is 0 Å². The van der Waals surface area contributed by atoms with Gasteiger partial charge in [-0.3, -0.25) is 0 Å². The normalized spacial score (nSPS) is 55.5. The predicted octanol–water partition coefficient (Wildman–Crippen LogP) is 0.410. The van der Waals surface area contributed by atoms with Gasteiger partial charge < -0.3 is 40.9 Å². The Morgan fingerprint density at radius 1 is 0.800 bits per heavy atom. The van der Waals surface area contributed by atoms with Gasteiger partial charge >= 0.3 is 0 Å². The Labute approximate surface area is 209 Å². The van der Waals surface area contributed by atoms with E-state index in [-0.39, 0.29) is 24.4 Å². The first-order chi connectivity index (χ1) is 16.3. The first-order valence-electron chi connectivity index (χ1n) is 13.7. The molecule has 0 aliphatic heterocycles. The fourth-order valence-corrected chi connectivity index (χ4v) is 9.61. The standard InChI is InChI=1S/C27H48O8/c1-13(12-28)6-5-7-14(2)17-20(31)22(33)23-26(17,4)11-9-16-25(3)10-8-15(29)19(30)18(25)21(32)24(34)27(16,23)35/h13-24,28-35H,5-12H2,1-4H3/t13?,14-,15+,16-,17+,18-,19+,20-,21-,22-,23-,24-,25-,26-,27+/m1/s1. The molecule has 4 aliphatic carbocycles. The maximum atomic E-state index is 12.3. The van der Waals surface area contributed by atoms with Gasteiger partial charge in [-0.05, 0) is 66.6 Å². The van der Waals surface area contributed by atoms with E-state index in [1.807, 2.05) is 20.8 Å². The average Bonchev–Trinajstić information content (AvgIpc) is 3.00. The van der Waals surface area contributed by atoms with Gasteiger partial charge in [0, 0.05) is 18.4 Å². The number of aliphatic hydroxyl groups is 8. The first-order valence-corrected chi connectivity index (χ1v) is 13.7. The summed E-state index contributed by atoms with van der Waals surface area (Å²) in [6.45, 7) is 8.11. The van der Waals surface area contributed by atoms with Gasteiger partial charge in [-0.15, -0.1) is 0 Å². The van der Waals surface area contributed by atoms with Crippen molar-refractivity contribution >= 4 is 0 Å². The Balaban J connectivity index is 1.67. The van der Waals surface area contributed by atoms with E-state index >= 15 is 0 Å². The molecule has 35 heavy (non-hydrogen) atoms. The lowest BCUT2D eigenvalue weighted by Gasteiger charge is -2.67. The van der Waals surface area contributed by atoms with Gasteiger partial charge in [0.1, 0.15) is 11.7 Å². The zero-order valence-electron chi connectivity index (χ0n) is 21.7.